The number of aromatic nitrogens is 3. The molecule has 1 heterocycles. The predicted molar refractivity (Wildman–Crippen MR) is 89.8 cm³/mol. The second-order valence-electron chi connectivity index (χ2n) is 6.10. The van der Waals surface area contributed by atoms with Gasteiger partial charge < -0.3 is 5.11 Å². The molecule has 0 radical (unpaired) electrons. The van der Waals surface area contributed by atoms with Crippen LogP contribution >= 0.6 is 0 Å². The summed E-state index contributed by atoms with van der Waals surface area (Å²) in [6, 6.07) is 11.8. The first-order valence-electron chi connectivity index (χ1n) is 7.94. The summed E-state index contributed by atoms with van der Waals surface area (Å²) in [5.41, 5.74) is -0.712. The van der Waals surface area contributed by atoms with Crippen molar-refractivity contribution in [2.75, 3.05) is 0 Å². The Morgan fingerprint density at radius 2 is 2.08 bits per heavy atom. The third-order valence-corrected chi connectivity index (χ3v) is 4.50. The zero-order chi connectivity index (χ0) is 18.7. The lowest BCUT2D eigenvalue weighted by atomic mass is 9.77. The van der Waals surface area contributed by atoms with Crippen molar-refractivity contribution in [1.29, 1.82) is 5.26 Å². The molecular weight excluding hydrogens is 338 g/mol. The highest BCUT2D eigenvalue weighted by molar-refractivity contribution is 5.37. The van der Waals surface area contributed by atoms with E-state index in [1.807, 2.05) is 6.07 Å². The van der Waals surface area contributed by atoms with Crippen molar-refractivity contribution in [3.8, 4) is 6.07 Å². The molecule has 7 heteroatoms. The van der Waals surface area contributed by atoms with E-state index in [2.05, 4.69) is 10.1 Å². The summed E-state index contributed by atoms with van der Waals surface area (Å²) in [6.45, 7) is 1.63. The average molecular weight is 354 g/mol. The molecular formula is C19H16F2N4O. The van der Waals surface area contributed by atoms with Gasteiger partial charge in [0.2, 0.25) is 0 Å². The molecule has 3 rings (SSSR count). The van der Waals surface area contributed by atoms with Crippen molar-refractivity contribution >= 4 is 0 Å². The highest BCUT2D eigenvalue weighted by atomic mass is 19.1. The molecule has 1 N–H and O–H groups in total. The van der Waals surface area contributed by atoms with Gasteiger partial charge in [-0.15, -0.1) is 0 Å². The van der Waals surface area contributed by atoms with Crippen LogP contribution in [0.2, 0.25) is 0 Å². The molecule has 0 bridgehead atoms. The van der Waals surface area contributed by atoms with Crippen LogP contribution in [0.1, 0.15) is 29.5 Å². The number of aliphatic hydroxyl groups is 1. The van der Waals surface area contributed by atoms with Crippen molar-refractivity contribution in [2.24, 2.45) is 0 Å². The molecule has 5 nitrogen and oxygen atoms in total. The lowest BCUT2D eigenvalue weighted by Gasteiger charge is -2.35. The molecule has 1 aromatic heterocycles. The van der Waals surface area contributed by atoms with Gasteiger partial charge in [0.25, 0.3) is 0 Å². The van der Waals surface area contributed by atoms with Gasteiger partial charge in [0.15, 0.2) is 0 Å². The van der Waals surface area contributed by atoms with Gasteiger partial charge in [-0.25, -0.2) is 18.4 Å². The largest absolute Gasteiger partial charge is 0.382 e. The summed E-state index contributed by atoms with van der Waals surface area (Å²) in [5.74, 6) is -2.19. The Balaban J connectivity index is 2.11. The summed E-state index contributed by atoms with van der Waals surface area (Å²) in [7, 11) is 0. The van der Waals surface area contributed by atoms with Crippen LogP contribution in [0.4, 0.5) is 8.78 Å². The summed E-state index contributed by atoms with van der Waals surface area (Å²) in [5, 5.41) is 24.6. The third kappa shape index (κ3) is 3.32. The summed E-state index contributed by atoms with van der Waals surface area (Å²) >= 11 is 0. The van der Waals surface area contributed by atoms with Gasteiger partial charge in [0.05, 0.1) is 18.2 Å². The molecule has 0 amide bonds. The molecule has 2 aromatic carbocycles. The van der Waals surface area contributed by atoms with Crippen LogP contribution in [0.5, 0.6) is 0 Å². The Morgan fingerprint density at radius 1 is 1.27 bits per heavy atom. The molecule has 3 aromatic rings. The Hall–Kier alpha value is -3.11. The molecule has 2 unspecified atom stereocenters. The average Bonchev–Trinajstić information content (AvgIpc) is 3.13. The van der Waals surface area contributed by atoms with Crippen molar-refractivity contribution in [3.05, 3.63) is 83.4 Å². The molecule has 26 heavy (non-hydrogen) atoms. The number of rotatable bonds is 5. The van der Waals surface area contributed by atoms with E-state index in [4.69, 9.17) is 5.26 Å². The number of halogens is 2. The van der Waals surface area contributed by atoms with E-state index >= 15 is 0 Å². The third-order valence-electron chi connectivity index (χ3n) is 4.50. The van der Waals surface area contributed by atoms with Crippen LogP contribution in [-0.2, 0) is 12.1 Å². The minimum Gasteiger partial charge on any atom is -0.382 e. The van der Waals surface area contributed by atoms with Gasteiger partial charge in [-0.2, -0.15) is 10.4 Å². The molecule has 0 fully saturated rings. The van der Waals surface area contributed by atoms with Crippen molar-refractivity contribution in [2.45, 2.75) is 25.0 Å². The first-order chi connectivity index (χ1) is 12.4. The number of hydrogen-bond acceptors (Lipinski definition) is 4. The topological polar surface area (TPSA) is 74.7 Å². The lowest BCUT2D eigenvalue weighted by molar-refractivity contribution is -0.0112. The fraction of sp³-hybridized carbons (Fsp3) is 0.211. The zero-order valence-electron chi connectivity index (χ0n) is 14.0. The Morgan fingerprint density at radius 3 is 2.73 bits per heavy atom. The Bertz CT molecular complexity index is 952. The van der Waals surface area contributed by atoms with Gasteiger partial charge in [-0.3, -0.25) is 0 Å². The van der Waals surface area contributed by atoms with Gasteiger partial charge in [0, 0.05) is 17.5 Å². The highest BCUT2D eigenvalue weighted by Crippen LogP contribution is 2.39. The van der Waals surface area contributed by atoms with Crippen molar-refractivity contribution in [3.63, 3.8) is 0 Å². The van der Waals surface area contributed by atoms with E-state index in [1.54, 1.807) is 31.2 Å². The van der Waals surface area contributed by atoms with Gasteiger partial charge in [-0.1, -0.05) is 25.1 Å². The van der Waals surface area contributed by atoms with Crippen LogP contribution in [0.15, 0.2) is 55.1 Å². The lowest BCUT2D eigenvalue weighted by Crippen LogP contribution is -2.38. The van der Waals surface area contributed by atoms with Crippen LogP contribution in [0.3, 0.4) is 0 Å². The number of hydrogen-bond donors (Lipinski definition) is 1. The van der Waals surface area contributed by atoms with Crippen molar-refractivity contribution in [1.82, 2.24) is 14.8 Å². The summed E-state index contributed by atoms with van der Waals surface area (Å²) in [4.78, 5) is 3.84. The Labute approximate surface area is 149 Å². The zero-order valence-corrected chi connectivity index (χ0v) is 14.0. The first kappa shape index (κ1) is 17.7. The van der Waals surface area contributed by atoms with E-state index in [-0.39, 0.29) is 12.1 Å². The maximum Gasteiger partial charge on any atom is 0.137 e. The monoisotopic (exact) mass is 354 g/mol. The second kappa shape index (κ2) is 7.02. The number of benzene rings is 2. The second-order valence-corrected chi connectivity index (χ2v) is 6.10. The predicted octanol–water partition coefficient (Wildman–Crippen LogP) is 3.12. The van der Waals surface area contributed by atoms with Crippen molar-refractivity contribution < 1.29 is 13.9 Å². The fourth-order valence-corrected chi connectivity index (χ4v) is 3.01. The normalized spacial score (nSPS) is 14.4. The molecule has 132 valence electrons. The fourth-order valence-electron chi connectivity index (χ4n) is 3.01. The van der Waals surface area contributed by atoms with Crippen LogP contribution in [0.25, 0.3) is 0 Å². The van der Waals surface area contributed by atoms with Gasteiger partial charge in [-0.05, 0) is 23.8 Å². The molecule has 0 saturated heterocycles. The molecule has 0 aliphatic carbocycles. The van der Waals surface area contributed by atoms with Gasteiger partial charge >= 0.3 is 0 Å². The molecule has 0 saturated carbocycles. The summed E-state index contributed by atoms with van der Waals surface area (Å²) < 4.78 is 29.2. The molecule has 0 spiro atoms. The van der Waals surface area contributed by atoms with Crippen LogP contribution < -0.4 is 0 Å². The minimum absolute atomic E-state index is 0.0516. The Kier molecular flexibility index (Phi) is 4.78. The van der Waals surface area contributed by atoms with Crippen LogP contribution in [0, 0.1) is 23.0 Å². The molecule has 0 aliphatic heterocycles. The van der Waals surface area contributed by atoms with E-state index in [9.17, 15) is 13.9 Å². The summed E-state index contributed by atoms with van der Waals surface area (Å²) in [6.07, 6.45) is 2.72. The SMILES string of the molecule is CC(c1cccc(C#N)c1)C(O)(Cn1cncn1)c1ccc(F)cc1F. The van der Waals surface area contributed by atoms with Crippen LogP contribution in [-0.4, -0.2) is 19.9 Å². The maximum absolute atomic E-state index is 14.5. The number of nitriles is 1. The first-order valence-corrected chi connectivity index (χ1v) is 7.94. The molecule has 2 atom stereocenters. The standard InChI is InChI=1S/C19H16F2N4O/c1-13(15-4-2-3-14(7-15)9-22)19(26,10-25-12-23-11-24-25)17-6-5-16(20)8-18(17)21/h2-8,11-13,26H,10H2,1H3. The van der Waals surface area contributed by atoms with E-state index in [0.717, 1.165) is 12.1 Å². The smallest absolute Gasteiger partial charge is 0.137 e. The molecule has 0 aliphatic rings. The number of nitrogens with zero attached hydrogens (tertiary/aromatic N) is 4. The van der Waals surface area contributed by atoms with Gasteiger partial charge in [0.1, 0.15) is 29.9 Å². The maximum atomic E-state index is 14.5. The van der Waals surface area contributed by atoms with E-state index < -0.39 is 23.2 Å². The minimum atomic E-state index is -1.74. The van der Waals surface area contributed by atoms with E-state index in [1.165, 1.54) is 23.4 Å². The quantitative estimate of drug-likeness (QED) is 0.764. The van der Waals surface area contributed by atoms with E-state index in [0.29, 0.717) is 11.1 Å². The highest BCUT2D eigenvalue weighted by Gasteiger charge is 2.40.